The van der Waals surface area contributed by atoms with Crippen LogP contribution in [0, 0.1) is 0 Å². The molecule has 1 aliphatic heterocycles. The molecule has 0 spiro atoms. The number of halogens is 3. The summed E-state index contributed by atoms with van der Waals surface area (Å²) in [5.74, 6) is 1.31. The SMILES string of the molecule is C/C(=C/C(=O)NCc1nnc2n1CCC2)c1ccc(C(F)(F)F)cc1. The van der Waals surface area contributed by atoms with Gasteiger partial charge in [-0.2, -0.15) is 13.2 Å². The summed E-state index contributed by atoms with van der Waals surface area (Å²) in [6.07, 6.45) is -1.08. The largest absolute Gasteiger partial charge is 0.416 e. The van der Waals surface area contributed by atoms with Crippen LogP contribution in [0.4, 0.5) is 13.2 Å². The smallest absolute Gasteiger partial charge is 0.345 e. The van der Waals surface area contributed by atoms with Crippen LogP contribution >= 0.6 is 0 Å². The van der Waals surface area contributed by atoms with E-state index in [1.54, 1.807) is 6.92 Å². The normalized spacial score (nSPS) is 14.5. The second-order valence-electron chi connectivity index (χ2n) is 5.91. The molecule has 0 radical (unpaired) electrons. The van der Waals surface area contributed by atoms with Crippen molar-refractivity contribution in [2.45, 2.75) is 39.0 Å². The zero-order valence-electron chi connectivity index (χ0n) is 13.6. The molecule has 5 nitrogen and oxygen atoms in total. The number of allylic oxidation sites excluding steroid dienone is 1. The first kappa shape index (κ1) is 17.2. The Labute approximate surface area is 142 Å². The monoisotopic (exact) mass is 350 g/mol. The molecule has 0 bridgehead atoms. The molecule has 8 heteroatoms. The second-order valence-corrected chi connectivity index (χ2v) is 5.91. The van der Waals surface area contributed by atoms with Gasteiger partial charge in [-0.3, -0.25) is 4.79 Å². The van der Waals surface area contributed by atoms with E-state index >= 15 is 0 Å². The summed E-state index contributed by atoms with van der Waals surface area (Å²) in [6, 6.07) is 4.72. The Hall–Kier alpha value is -2.64. The van der Waals surface area contributed by atoms with Crippen molar-refractivity contribution in [3.63, 3.8) is 0 Å². The Morgan fingerprint density at radius 1 is 1.28 bits per heavy atom. The van der Waals surface area contributed by atoms with E-state index in [4.69, 9.17) is 0 Å². The molecule has 0 aliphatic carbocycles. The molecule has 1 N–H and O–H groups in total. The van der Waals surface area contributed by atoms with Crippen LogP contribution in [-0.4, -0.2) is 20.7 Å². The average molecular weight is 350 g/mol. The highest BCUT2D eigenvalue weighted by Gasteiger charge is 2.29. The molecule has 1 aromatic carbocycles. The van der Waals surface area contributed by atoms with E-state index in [-0.39, 0.29) is 12.5 Å². The molecular formula is C17H17F3N4O. The van der Waals surface area contributed by atoms with Crippen molar-refractivity contribution < 1.29 is 18.0 Å². The predicted molar refractivity (Wildman–Crippen MR) is 85.3 cm³/mol. The number of aryl methyl sites for hydroxylation is 1. The number of nitrogens with one attached hydrogen (secondary N) is 1. The summed E-state index contributed by atoms with van der Waals surface area (Å²) in [5.41, 5.74) is 0.429. The minimum absolute atomic E-state index is 0.266. The van der Waals surface area contributed by atoms with Crippen molar-refractivity contribution in [2.75, 3.05) is 0 Å². The molecule has 2 heterocycles. The Morgan fingerprint density at radius 2 is 2.00 bits per heavy atom. The van der Waals surface area contributed by atoms with Gasteiger partial charge in [0.25, 0.3) is 0 Å². The Balaban J connectivity index is 1.62. The summed E-state index contributed by atoms with van der Waals surface area (Å²) in [7, 11) is 0. The molecule has 3 rings (SSSR count). The maximum Gasteiger partial charge on any atom is 0.416 e. The molecule has 1 amide bonds. The highest BCUT2D eigenvalue weighted by atomic mass is 19.4. The van der Waals surface area contributed by atoms with E-state index in [0.29, 0.717) is 17.0 Å². The van der Waals surface area contributed by atoms with Gasteiger partial charge in [0, 0.05) is 19.0 Å². The zero-order chi connectivity index (χ0) is 18.0. The van der Waals surface area contributed by atoms with Crippen molar-refractivity contribution in [3.8, 4) is 0 Å². The molecule has 0 saturated heterocycles. The molecule has 2 aromatic rings. The summed E-state index contributed by atoms with van der Waals surface area (Å²) < 4.78 is 39.7. The molecular weight excluding hydrogens is 333 g/mol. The minimum Gasteiger partial charge on any atom is -0.345 e. The molecule has 132 valence electrons. The molecule has 25 heavy (non-hydrogen) atoms. The quantitative estimate of drug-likeness (QED) is 0.863. The predicted octanol–water partition coefficient (Wildman–Crippen LogP) is 2.96. The summed E-state index contributed by atoms with van der Waals surface area (Å²) >= 11 is 0. The van der Waals surface area contributed by atoms with E-state index in [9.17, 15) is 18.0 Å². The number of carbonyl (C=O) groups is 1. The van der Waals surface area contributed by atoms with Gasteiger partial charge in [-0.25, -0.2) is 0 Å². The summed E-state index contributed by atoms with van der Waals surface area (Å²) in [4.78, 5) is 12.0. The number of hydrogen-bond donors (Lipinski definition) is 1. The van der Waals surface area contributed by atoms with Crippen LogP contribution < -0.4 is 5.32 Å². The van der Waals surface area contributed by atoms with Crippen molar-refractivity contribution >= 4 is 11.5 Å². The third-order valence-electron chi connectivity index (χ3n) is 4.12. The zero-order valence-corrected chi connectivity index (χ0v) is 13.6. The van der Waals surface area contributed by atoms with E-state index in [1.165, 1.54) is 18.2 Å². The van der Waals surface area contributed by atoms with Gasteiger partial charge in [0.15, 0.2) is 5.82 Å². The third-order valence-corrected chi connectivity index (χ3v) is 4.12. The van der Waals surface area contributed by atoms with Crippen LogP contribution in [0.5, 0.6) is 0 Å². The standard InChI is InChI=1S/C17H17F3N4O/c1-11(12-4-6-13(7-5-12)17(18,19)20)9-16(25)21-10-15-23-22-14-3-2-8-24(14)15/h4-7,9H,2-3,8,10H2,1H3,(H,21,25)/b11-9-. The van der Waals surface area contributed by atoms with E-state index in [1.807, 2.05) is 4.57 Å². The molecule has 1 aliphatic rings. The number of alkyl halides is 3. The second kappa shape index (κ2) is 6.70. The van der Waals surface area contributed by atoms with Gasteiger partial charge in [-0.05, 0) is 36.6 Å². The van der Waals surface area contributed by atoms with Gasteiger partial charge in [-0.15, -0.1) is 10.2 Å². The molecule has 0 fully saturated rings. The number of nitrogens with zero attached hydrogens (tertiary/aromatic N) is 3. The highest BCUT2D eigenvalue weighted by Crippen LogP contribution is 2.30. The fourth-order valence-electron chi connectivity index (χ4n) is 2.76. The van der Waals surface area contributed by atoms with Gasteiger partial charge in [0.1, 0.15) is 5.82 Å². The van der Waals surface area contributed by atoms with E-state index < -0.39 is 11.7 Å². The topological polar surface area (TPSA) is 59.8 Å². The number of carbonyl (C=O) groups excluding carboxylic acids is 1. The number of benzene rings is 1. The van der Waals surface area contributed by atoms with Crippen LogP contribution in [-0.2, 0) is 30.5 Å². The highest BCUT2D eigenvalue weighted by molar-refractivity contribution is 5.94. The lowest BCUT2D eigenvalue weighted by molar-refractivity contribution is -0.137. The first-order valence-corrected chi connectivity index (χ1v) is 7.89. The summed E-state index contributed by atoms with van der Waals surface area (Å²) in [6.45, 7) is 2.80. The molecule has 1 aromatic heterocycles. The minimum atomic E-state index is -4.37. The van der Waals surface area contributed by atoms with E-state index in [0.717, 1.165) is 37.3 Å². The lowest BCUT2D eigenvalue weighted by atomic mass is 10.0. The number of fused-ring (bicyclic) bond motifs is 1. The van der Waals surface area contributed by atoms with Crippen LogP contribution in [0.1, 0.15) is 36.1 Å². The fraction of sp³-hybridized carbons (Fsp3) is 0.353. The lowest BCUT2D eigenvalue weighted by Gasteiger charge is -2.08. The van der Waals surface area contributed by atoms with Crippen molar-refractivity contribution in [3.05, 3.63) is 53.1 Å². The van der Waals surface area contributed by atoms with E-state index in [2.05, 4.69) is 15.5 Å². The van der Waals surface area contributed by atoms with Crippen molar-refractivity contribution in [1.29, 1.82) is 0 Å². The Bertz CT molecular complexity index is 806. The lowest BCUT2D eigenvalue weighted by Crippen LogP contribution is -2.23. The van der Waals surface area contributed by atoms with Crippen molar-refractivity contribution in [1.82, 2.24) is 20.1 Å². The van der Waals surface area contributed by atoms with Gasteiger partial charge >= 0.3 is 6.18 Å². The van der Waals surface area contributed by atoms with Crippen LogP contribution in [0.15, 0.2) is 30.3 Å². The van der Waals surface area contributed by atoms with Crippen LogP contribution in [0.25, 0.3) is 5.57 Å². The fourth-order valence-corrected chi connectivity index (χ4v) is 2.76. The number of rotatable bonds is 4. The maximum atomic E-state index is 12.6. The maximum absolute atomic E-state index is 12.6. The number of aromatic nitrogens is 3. The number of amides is 1. The number of hydrogen-bond acceptors (Lipinski definition) is 3. The third kappa shape index (κ3) is 3.89. The van der Waals surface area contributed by atoms with Crippen molar-refractivity contribution in [2.24, 2.45) is 0 Å². The van der Waals surface area contributed by atoms with Crippen LogP contribution in [0.2, 0.25) is 0 Å². The molecule has 0 saturated carbocycles. The Kier molecular flexibility index (Phi) is 4.61. The average Bonchev–Trinajstić information content (AvgIpc) is 3.16. The first-order chi connectivity index (χ1) is 11.8. The first-order valence-electron chi connectivity index (χ1n) is 7.89. The van der Waals surface area contributed by atoms with Crippen LogP contribution in [0.3, 0.4) is 0 Å². The van der Waals surface area contributed by atoms with Gasteiger partial charge in [0.05, 0.1) is 12.1 Å². The Morgan fingerprint density at radius 3 is 2.68 bits per heavy atom. The molecule has 0 unspecified atom stereocenters. The van der Waals surface area contributed by atoms with Gasteiger partial charge < -0.3 is 9.88 Å². The summed E-state index contributed by atoms with van der Waals surface area (Å²) in [5, 5.41) is 10.8. The van der Waals surface area contributed by atoms with Gasteiger partial charge in [-0.1, -0.05) is 12.1 Å². The molecule has 0 atom stereocenters. The van der Waals surface area contributed by atoms with Gasteiger partial charge in [0.2, 0.25) is 5.91 Å².